The molecule has 0 saturated heterocycles. The monoisotopic (exact) mass is 285 g/mol. The van der Waals surface area contributed by atoms with Gasteiger partial charge >= 0.3 is 0 Å². The third-order valence-electron chi connectivity index (χ3n) is 4.09. The van der Waals surface area contributed by atoms with Gasteiger partial charge in [-0.15, -0.1) is 0 Å². The molecule has 1 aliphatic heterocycles. The van der Waals surface area contributed by atoms with Crippen molar-refractivity contribution in [3.05, 3.63) is 53.6 Å². The summed E-state index contributed by atoms with van der Waals surface area (Å²) in [5.41, 5.74) is 7.09. The average molecular weight is 285 g/mol. The fourth-order valence-electron chi connectivity index (χ4n) is 2.80. The lowest BCUT2D eigenvalue weighted by molar-refractivity contribution is -0.0187. The van der Waals surface area contributed by atoms with Gasteiger partial charge in [0.15, 0.2) is 0 Å². The number of hydrogen-bond donors (Lipinski definition) is 2. The average Bonchev–Trinajstić information content (AvgIpc) is 2.53. The zero-order chi connectivity index (χ0) is 14.9. The predicted octanol–water partition coefficient (Wildman–Crippen LogP) is 1.40. The minimum atomic E-state index is -0.780. The molecule has 0 radical (unpaired) electrons. The number of benzene rings is 1. The minimum Gasteiger partial charge on any atom is -0.493 e. The Kier molecular flexibility index (Phi) is 3.61. The Balaban J connectivity index is 1.95. The molecule has 0 fully saturated rings. The van der Waals surface area contributed by atoms with E-state index in [-0.39, 0.29) is 0 Å². The van der Waals surface area contributed by atoms with Crippen LogP contribution >= 0.6 is 0 Å². The van der Waals surface area contributed by atoms with Crippen LogP contribution in [0, 0.1) is 12.3 Å². The van der Waals surface area contributed by atoms with Crippen LogP contribution in [0.5, 0.6) is 5.75 Å². The fraction of sp³-hybridized carbons (Fsp3) is 0.375. The first kappa shape index (κ1) is 14.0. The highest BCUT2D eigenvalue weighted by Crippen LogP contribution is 2.41. The summed E-state index contributed by atoms with van der Waals surface area (Å²) in [6, 6.07) is 9.60. The second kappa shape index (κ2) is 5.42. The maximum Gasteiger partial charge on any atom is 0.125 e. The minimum absolute atomic E-state index is 0.325. The Morgan fingerprint density at radius 3 is 2.95 bits per heavy atom. The molecule has 2 atom stereocenters. The molecular formula is C16H19N3O2. The van der Waals surface area contributed by atoms with Gasteiger partial charge in [-0.25, -0.2) is 9.97 Å². The molecule has 0 amide bonds. The first-order valence-electron chi connectivity index (χ1n) is 7.03. The third-order valence-corrected chi connectivity index (χ3v) is 4.09. The van der Waals surface area contributed by atoms with E-state index < -0.39 is 11.5 Å². The molecule has 2 heterocycles. The van der Waals surface area contributed by atoms with Gasteiger partial charge in [-0.3, -0.25) is 0 Å². The van der Waals surface area contributed by atoms with Crippen LogP contribution in [0.25, 0.3) is 0 Å². The molecule has 2 unspecified atom stereocenters. The molecule has 0 aliphatic carbocycles. The molecule has 3 rings (SSSR count). The summed E-state index contributed by atoms with van der Waals surface area (Å²) in [6.07, 6.45) is 1.55. The maximum absolute atomic E-state index is 10.8. The van der Waals surface area contributed by atoms with Crippen molar-refractivity contribution < 1.29 is 9.84 Å². The van der Waals surface area contributed by atoms with E-state index in [0.717, 1.165) is 11.3 Å². The number of nitrogens with two attached hydrogens (primary N) is 1. The highest BCUT2D eigenvalue weighted by Gasteiger charge is 2.42. The Labute approximate surface area is 123 Å². The normalized spacial score (nSPS) is 22.2. The molecule has 110 valence electrons. The summed E-state index contributed by atoms with van der Waals surface area (Å²) in [5.74, 6) is 1.50. The number of rotatable bonds is 3. The van der Waals surface area contributed by atoms with Gasteiger partial charge in [0, 0.05) is 12.7 Å². The van der Waals surface area contributed by atoms with E-state index in [9.17, 15) is 5.11 Å². The van der Waals surface area contributed by atoms with Crippen LogP contribution in [0.3, 0.4) is 0 Å². The molecule has 5 heteroatoms. The first-order chi connectivity index (χ1) is 10.1. The largest absolute Gasteiger partial charge is 0.493 e. The van der Waals surface area contributed by atoms with Crippen molar-refractivity contribution >= 4 is 0 Å². The summed E-state index contributed by atoms with van der Waals surface area (Å²) < 4.78 is 5.82. The first-order valence-corrected chi connectivity index (χ1v) is 7.03. The van der Waals surface area contributed by atoms with E-state index in [4.69, 9.17) is 10.5 Å². The van der Waals surface area contributed by atoms with Crippen LogP contribution < -0.4 is 10.5 Å². The number of para-hydroxylation sites is 1. The standard InChI is InChI=1S/C16H19N3O2/c1-11-18-7-6-13(19-11)15(20)16(9-17)8-12-4-2-3-5-14(12)21-10-16/h2-7,15,20H,8-10,17H2,1H3. The molecule has 1 aromatic heterocycles. The summed E-state index contributed by atoms with van der Waals surface area (Å²) in [5, 5.41) is 10.8. The van der Waals surface area contributed by atoms with Gasteiger partial charge in [0.25, 0.3) is 0 Å². The molecule has 21 heavy (non-hydrogen) atoms. The van der Waals surface area contributed by atoms with Crippen LogP contribution in [0.15, 0.2) is 36.5 Å². The fourth-order valence-corrected chi connectivity index (χ4v) is 2.80. The number of fused-ring (bicyclic) bond motifs is 1. The van der Waals surface area contributed by atoms with Crippen molar-refractivity contribution in [2.24, 2.45) is 11.1 Å². The van der Waals surface area contributed by atoms with Crippen LogP contribution in [-0.2, 0) is 6.42 Å². The van der Waals surface area contributed by atoms with Crippen LogP contribution in [0.2, 0.25) is 0 Å². The number of aromatic nitrogens is 2. The molecular weight excluding hydrogens is 266 g/mol. The summed E-state index contributed by atoms with van der Waals surface area (Å²) in [6.45, 7) is 2.51. The molecule has 0 saturated carbocycles. The predicted molar refractivity (Wildman–Crippen MR) is 78.9 cm³/mol. The van der Waals surface area contributed by atoms with Crippen molar-refractivity contribution in [3.8, 4) is 5.75 Å². The quantitative estimate of drug-likeness (QED) is 0.891. The van der Waals surface area contributed by atoms with Gasteiger partial charge in [-0.05, 0) is 31.0 Å². The molecule has 0 spiro atoms. The van der Waals surface area contributed by atoms with Crippen molar-refractivity contribution in [2.45, 2.75) is 19.4 Å². The maximum atomic E-state index is 10.8. The second-order valence-corrected chi connectivity index (χ2v) is 5.57. The highest BCUT2D eigenvalue weighted by molar-refractivity contribution is 5.37. The lowest BCUT2D eigenvalue weighted by Gasteiger charge is -2.40. The number of hydrogen-bond acceptors (Lipinski definition) is 5. The summed E-state index contributed by atoms with van der Waals surface area (Å²) in [4.78, 5) is 8.39. The Morgan fingerprint density at radius 1 is 1.38 bits per heavy atom. The van der Waals surface area contributed by atoms with E-state index in [1.807, 2.05) is 24.3 Å². The lowest BCUT2D eigenvalue weighted by Crippen LogP contribution is -2.46. The Bertz CT molecular complexity index is 647. The van der Waals surface area contributed by atoms with Gasteiger partial charge < -0.3 is 15.6 Å². The number of ether oxygens (including phenoxy) is 1. The van der Waals surface area contributed by atoms with Crippen LogP contribution in [0.4, 0.5) is 0 Å². The van der Waals surface area contributed by atoms with Gasteiger partial charge in [0.2, 0.25) is 0 Å². The topological polar surface area (TPSA) is 81.3 Å². The number of aliphatic hydroxyl groups excluding tert-OH is 1. The van der Waals surface area contributed by atoms with Gasteiger partial charge in [-0.1, -0.05) is 18.2 Å². The smallest absolute Gasteiger partial charge is 0.125 e. The van der Waals surface area contributed by atoms with E-state index >= 15 is 0 Å². The molecule has 5 nitrogen and oxygen atoms in total. The van der Waals surface area contributed by atoms with Crippen molar-refractivity contribution in [1.82, 2.24) is 9.97 Å². The number of aliphatic hydroxyl groups is 1. The molecule has 3 N–H and O–H groups in total. The molecule has 1 aromatic carbocycles. The third kappa shape index (κ3) is 2.50. The Hall–Kier alpha value is -1.98. The van der Waals surface area contributed by atoms with Crippen LogP contribution in [0.1, 0.15) is 23.2 Å². The Morgan fingerprint density at radius 2 is 2.19 bits per heavy atom. The molecule has 2 aromatic rings. The van der Waals surface area contributed by atoms with Crippen LogP contribution in [-0.4, -0.2) is 28.2 Å². The summed E-state index contributed by atoms with van der Waals surface area (Å²) >= 11 is 0. The van der Waals surface area contributed by atoms with Crippen molar-refractivity contribution in [1.29, 1.82) is 0 Å². The SMILES string of the molecule is Cc1nccc(C(O)C2(CN)COc3ccccc3C2)n1. The zero-order valence-electron chi connectivity index (χ0n) is 12.0. The van der Waals surface area contributed by atoms with Gasteiger partial charge in [0.05, 0.1) is 17.7 Å². The van der Waals surface area contributed by atoms with E-state index in [1.165, 1.54) is 0 Å². The van der Waals surface area contributed by atoms with Gasteiger partial charge in [0.1, 0.15) is 17.7 Å². The van der Waals surface area contributed by atoms with Crippen molar-refractivity contribution in [3.63, 3.8) is 0 Å². The second-order valence-electron chi connectivity index (χ2n) is 5.57. The molecule has 0 bridgehead atoms. The zero-order valence-corrected chi connectivity index (χ0v) is 12.0. The summed E-state index contributed by atoms with van der Waals surface area (Å²) in [7, 11) is 0. The van der Waals surface area contributed by atoms with E-state index in [1.54, 1.807) is 19.2 Å². The number of aryl methyl sites for hydroxylation is 1. The number of nitrogens with zero attached hydrogens (tertiary/aromatic N) is 2. The van der Waals surface area contributed by atoms with E-state index in [2.05, 4.69) is 9.97 Å². The van der Waals surface area contributed by atoms with Crippen molar-refractivity contribution in [2.75, 3.05) is 13.2 Å². The highest BCUT2D eigenvalue weighted by atomic mass is 16.5. The lowest BCUT2D eigenvalue weighted by atomic mass is 9.74. The van der Waals surface area contributed by atoms with Gasteiger partial charge in [-0.2, -0.15) is 0 Å². The van der Waals surface area contributed by atoms with E-state index in [0.29, 0.717) is 31.1 Å². The molecule has 1 aliphatic rings.